The van der Waals surface area contributed by atoms with Crippen LogP contribution in [0.2, 0.25) is 0 Å². The van der Waals surface area contributed by atoms with Gasteiger partial charge >= 0.3 is 0 Å². The third-order valence-electron chi connectivity index (χ3n) is 4.06. The summed E-state index contributed by atoms with van der Waals surface area (Å²) in [5.74, 6) is 0. The molecule has 0 bridgehead atoms. The van der Waals surface area contributed by atoms with Crippen LogP contribution in [-0.2, 0) is 20.0 Å². The molecule has 4 nitrogen and oxygen atoms in total. The van der Waals surface area contributed by atoms with Crippen molar-refractivity contribution in [2.45, 2.75) is 52.1 Å². The van der Waals surface area contributed by atoms with E-state index in [0.29, 0.717) is 6.04 Å². The summed E-state index contributed by atoms with van der Waals surface area (Å²) in [6.45, 7) is 8.87. The van der Waals surface area contributed by atoms with Crippen molar-refractivity contribution < 1.29 is 0 Å². The van der Waals surface area contributed by atoms with Crippen molar-refractivity contribution in [3.8, 4) is 0 Å². The molecule has 0 radical (unpaired) electrons. The maximum atomic E-state index is 4.60. The highest BCUT2D eigenvalue weighted by atomic mass is 79.9. The molecule has 1 saturated heterocycles. The maximum Gasteiger partial charge on any atom is 0.0767 e. The fourth-order valence-electron chi connectivity index (χ4n) is 2.98. The zero-order valence-corrected chi connectivity index (χ0v) is 14.5. The van der Waals surface area contributed by atoms with Gasteiger partial charge in [-0.3, -0.25) is 9.58 Å². The molecule has 2 rings (SSSR count). The standard InChI is InChI=1S/C15H27BrN4/c1-4-9-20(10-12-7-6-8-17-12)11-14-15(16)13(5-2)18-19(14)3/h12,17H,4-11H2,1-3H3. The van der Waals surface area contributed by atoms with Gasteiger partial charge in [0, 0.05) is 26.2 Å². The maximum absolute atomic E-state index is 4.60. The van der Waals surface area contributed by atoms with Crippen LogP contribution in [0.15, 0.2) is 4.47 Å². The zero-order chi connectivity index (χ0) is 14.5. The molecule has 0 saturated carbocycles. The van der Waals surface area contributed by atoms with Crippen LogP contribution < -0.4 is 5.32 Å². The van der Waals surface area contributed by atoms with E-state index in [9.17, 15) is 0 Å². The molecular formula is C15H27BrN4. The first-order valence-electron chi connectivity index (χ1n) is 7.81. The van der Waals surface area contributed by atoms with E-state index in [2.05, 4.69) is 52.1 Å². The molecule has 114 valence electrons. The molecule has 0 aliphatic carbocycles. The minimum atomic E-state index is 0.666. The number of hydrogen-bond acceptors (Lipinski definition) is 3. The number of rotatable bonds is 7. The van der Waals surface area contributed by atoms with Crippen LogP contribution in [0, 0.1) is 0 Å². The molecule has 0 aromatic carbocycles. The number of aryl methyl sites for hydroxylation is 2. The lowest BCUT2D eigenvalue weighted by molar-refractivity contribution is 0.235. The summed E-state index contributed by atoms with van der Waals surface area (Å²) in [6, 6.07) is 0.666. The molecule has 2 heterocycles. The molecule has 1 atom stereocenters. The zero-order valence-electron chi connectivity index (χ0n) is 13.0. The van der Waals surface area contributed by atoms with Crippen LogP contribution in [-0.4, -0.2) is 40.4 Å². The first-order valence-corrected chi connectivity index (χ1v) is 8.61. The molecule has 1 N–H and O–H groups in total. The Morgan fingerprint density at radius 3 is 2.80 bits per heavy atom. The fraction of sp³-hybridized carbons (Fsp3) is 0.800. The summed E-state index contributed by atoms with van der Waals surface area (Å²) in [5.41, 5.74) is 2.46. The van der Waals surface area contributed by atoms with Crippen molar-refractivity contribution in [2.75, 3.05) is 19.6 Å². The SMILES string of the molecule is CCCN(Cc1c(Br)c(CC)nn1C)CC1CCCN1. The second kappa shape index (κ2) is 7.57. The average Bonchev–Trinajstić information content (AvgIpc) is 3.02. The first kappa shape index (κ1) is 16.0. The lowest BCUT2D eigenvalue weighted by atomic mass is 10.2. The first-order chi connectivity index (χ1) is 9.65. The van der Waals surface area contributed by atoms with Gasteiger partial charge in [-0.15, -0.1) is 0 Å². The molecule has 0 amide bonds. The Morgan fingerprint density at radius 2 is 2.25 bits per heavy atom. The van der Waals surface area contributed by atoms with Crippen molar-refractivity contribution >= 4 is 15.9 Å². The molecule has 1 fully saturated rings. The van der Waals surface area contributed by atoms with Gasteiger partial charge in [-0.05, 0) is 54.7 Å². The van der Waals surface area contributed by atoms with E-state index in [0.717, 1.165) is 31.7 Å². The van der Waals surface area contributed by atoms with Crippen LogP contribution in [0.1, 0.15) is 44.5 Å². The topological polar surface area (TPSA) is 33.1 Å². The van der Waals surface area contributed by atoms with Gasteiger partial charge in [-0.1, -0.05) is 13.8 Å². The number of aromatic nitrogens is 2. The second-order valence-electron chi connectivity index (χ2n) is 5.71. The third-order valence-corrected chi connectivity index (χ3v) is 4.97. The van der Waals surface area contributed by atoms with E-state index < -0.39 is 0 Å². The smallest absolute Gasteiger partial charge is 0.0767 e. The second-order valence-corrected chi connectivity index (χ2v) is 6.51. The van der Waals surface area contributed by atoms with Gasteiger partial charge in [0.25, 0.3) is 0 Å². The number of nitrogens with one attached hydrogen (secondary N) is 1. The Bertz CT molecular complexity index is 424. The molecular weight excluding hydrogens is 316 g/mol. The minimum absolute atomic E-state index is 0.666. The Balaban J connectivity index is 2.04. The van der Waals surface area contributed by atoms with E-state index >= 15 is 0 Å². The summed E-state index contributed by atoms with van der Waals surface area (Å²) in [7, 11) is 2.05. The highest BCUT2D eigenvalue weighted by Crippen LogP contribution is 2.23. The monoisotopic (exact) mass is 342 g/mol. The summed E-state index contributed by atoms with van der Waals surface area (Å²) in [4.78, 5) is 2.56. The lowest BCUT2D eigenvalue weighted by Gasteiger charge is -2.25. The van der Waals surface area contributed by atoms with Crippen molar-refractivity contribution in [3.05, 3.63) is 15.9 Å². The highest BCUT2D eigenvalue weighted by molar-refractivity contribution is 9.10. The molecule has 1 aliphatic heterocycles. The van der Waals surface area contributed by atoms with Gasteiger partial charge in [-0.25, -0.2) is 0 Å². The van der Waals surface area contributed by atoms with Crippen molar-refractivity contribution in [2.24, 2.45) is 7.05 Å². The molecule has 1 aromatic rings. The largest absolute Gasteiger partial charge is 0.313 e. The van der Waals surface area contributed by atoms with Gasteiger partial charge < -0.3 is 5.32 Å². The fourth-order valence-corrected chi connectivity index (χ4v) is 3.72. The van der Waals surface area contributed by atoms with E-state index in [1.54, 1.807) is 0 Å². The van der Waals surface area contributed by atoms with Crippen LogP contribution in [0.5, 0.6) is 0 Å². The Kier molecular flexibility index (Phi) is 6.05. The summed E-state index contributed by atoms with van der Waals surface area (Å²) in [5, 5.41) is 8.20. The predicted octanol–water partition coefficient (Wildman–Crippen LogP) is 2.71. The van der Waals surface area contributed by atoms with Crippen LogP contribution in [0.25, 0.3) is 0 Å². The summed E-state index contributed by atoms with van der Waals surface area (Å²) < 4.78 is 3.23. The summed E-state index contributed by atoms with van der Waals surface area (Å²) in [6.07, 6.45) is 4.81. The predicted molar refractivity (Wildman–Crippen MR) is 86.9 cm³/mol. The van der Waals surface area contributed by atoms with E-state index in [4.69, 9.17) is 0 Å². The van der Waals surface area contributed by atoms with Crippen LogP contribution >= 0.6 is 15.9 Å². The quantitative estimate of drug-likeness (QED) is 0.826. The molecule has 1 aromatic heterocycles. The van der Waals surface area contributed by atoms with Crippen molar-refractivity contribution in [1.82, 2.24) is 20.0 Å². The number of hydrogen-bond donors (Lipinski definition) is 1. The van der Waals surface area contributed by atoms with Crippen LogP contribution in [0.4, 0.5) is 0 Å². The molecule has 0 spiro atoms. The van der Waals surface area contributed by atoms with Gasteiger partial charge in [0.15, 0.2) is 0 Å². The molecule has 1 aliphatic rings. The van der Waals surface area contributed by atoms with E-state index in [1.165, 1.54) is 36.0 Å². The van der Waals surface area contributed by atoms with E-state index in [1.807, 2.05) is 4.68 Å². The molecule has 20 heavy (non-hydrogen) atoms. The van der Waals surface area contributed by atoms with E-state index in [-0.39, 0.29) is 0 Å². The summed E-state index contributed by atoms with van der Waals surface area (Å²) >= 11 is 3.73. The molecule has 5 heteroatoms. The van der Waals surface area contributed by atoms with Crippen molar-refractivity contribution in [1.29, 1.82) is 0 Å². The number of nitrogens with zero attached hydrogens (tertiary/aromatic N) is 3. The highest BCUT2D eigenvalue weighted by Gasteiger charge is 2.20. The Morgan fingerprint density at radius 1 is 1.45 bits per heavy atom. The lowest BCUT2D eigenvalue weighted by Crippen LogP contribution is -2.38. The van der Waals surface area contributed by atoms with Gasteiger partial charge in [0.2, 0.25) is 0 Å². The Hall–Kier alpha value is -0.390. The van der Waals surface area contributed by atoms with Gasteiger partial charge in [0.05, 0.1) is 15.9 Å². The van der Waals surface area contributed by atoms with Crippen molar-refractivity contribution in [3.63, 3.8) is 0 Å². The Labute approximate surface area is 131 Å². The average molecular weight is 343 g/mol. The third kappa shape index (κ3) is 3.83. The number of halogens is 1. The minimum Gasteiger partial charge on any atom is -0.313 e. The normalized spacial score (nSPS) is 19.1. The van der Waals surface area contributed by atoms with Gasteiger partial charge in [-0.2, -0.15) is 5.10 Å². The van der Waals surface area contributed by atoms with Crippen LogP contribution in [0.3, 0.4) is 0 Å². The molecule has 1 unspecified atom stereocenters. The van der Waals surface area contributed by atoms with Gasteiger partial charge in [0.1, 0.15) is 0 Å².